The summed E-state index contributed by atoms with van der Waals surface area (Å²) < 4.78 is 9.58. The maximum Gasteiger partial charge on any atom is 0.337 e. The van der Waals surface area contributed by atoms with Gasteiger partial charge in [0.25, 0.3) is 0 Å². The average molecular weight is 433 g/mol. The van der Waals surface area contributed by atoms with Gasteiger partial charge in [-0.05, 0) is 42.7 Å². The fraction of sp³-hybridized carbons (Fsp3) is 0.217. The number of hydrogen-bond acceptors (Lipinski definition) is 9. The van der Waals surface area contributed by atoms with Crippen LogP contribution in [0.3, 0.4) is 0 Å². The van der Waals surface area contributed by atoms with Crippen molar-refractivity contribution in [3.8, 4) is 0 Å². The molecule has 2 heterocycles. The van der Waals surface area contributed by atoms with Gasteiger partial charge in [0.1, 0.15) is 12.0 Å². The molecule has 0 radical (unpaired) electrons. The number of methoxy groups -OCH3 is 2. The van der Waals surface area contributed by atoms with Gasteiger partial charge in [0.2, 0.25) is 0 Å². The van der Waals surface area contributed by atoms with Crippen LogP contribution in [0.4, 0.5) is 28.7 Å². The maximum atomic E-state index is 12.1. The van der Waals surface area contributed by atoms with E-state index in [0.29, 0.717) is 23.0 Å². The number of rotatable bonds is 5. The van der Waals surface area contributed by atoms with Crippen LogP contribution in [0.2, 0.25) is 0 Å². The van der Waals surface area contributed by atoms with Crippen LogP contribution in [0.25, 0.3) is 0 Å². The Morgan fingerprint density at radius 1 is 1.03 bits per heavy atom. The predicted molar refractivity (Wildman–Crippen MR) is 121 cm³/mol. The van der Waals surface area contributed by atoms with Crippen LogP contribution < -0.4 is 16.0 Å². The van der Waals surface area contributed by atoms with Gasteiger partial charge in [-0.15, -0.1) is 0 Å². The molecular weight excluding hydrogens is 410 g/mol. The number of hydrogen-bond donors (Lipinski definition) is 2. The van der Waals surface area contributed by atoms with Crippen LogP contribution in [0, 0.1) is 0 Å². The summed E-state index contributed by atoms with van der Waals surface area (Å²) in [7, 11) is 2.54. The number of fused-ring (bicyclic) bond motifs is 1. The van der Waals surface area contributed by atoms with E-state index in [2.05, 4.69) is 26.3 Å². The molecule has 0 unspecified atom stereocenters. The minimum absolute atomic E-state index is 0.190. The average Bonchev–Trinajstić information content (AvgIpc) is 2.83. The lowest BCUT2D eigenvalue weighted by Gasteiger charge is -2.31. The topological polar surface area (TPSA) is 120 Å². The van der Waals surface area contributed by atoms with Gasteiger partial charge in [0, 0.05) is 17.9 Å². The van der Waals surface area contributed by atoms with E-state index in [0.717, 1.165) is 25.1 Å². The molecule has 164 valence electrons. The van der Waals surface area contributed by atoms with Crippen molar-refractivity contribution in [3.05, 3.63) is 65.5 Å². The van der Waals surface area contributed by atoms with Gasteiger partial charge in [-0.3, -0.25) is 0 Å². The van der Waals surface area contributed by atoms with E-state index < -0.39 is 11.9 Å². The summed E-state index contributed by atoms with van der Waals surface area (Å²) >= 11 is 0. The third-order valence-electron chi connectivity index (χ3n) is 5.27. The van der Waals surface area contributed by atoms with E-state index in [1.54, 1.807) is 12.1 Å². The molecule has 2 aromatic carbocycles. The summed E-state index contributed by atoms with van der Waals surface area (Å²) in [6, 6.07) is 12.7. The third-order valence-corrected chi connectivity index (χ3v) is 5.27. The number of nitrogens with zero attached hydrogens (tertiary/aromatic N) is 3. The second-order valence-electron chi connectivity index (χ2n) is 7.25. The van der Waals surface area contributed by atoms with Crippen molar-refractivity contribution in [2.45, 2.75) is 12.8 Å². The second-order valence-corrected chi connectivity index (χ2v) is 7.25. The van der Waals surface area contributed by atoms with Gasteiger partial charge in [-0.25, -0.2) is 19.6 Å². The van der Waals surface area contributed by atoms with Crippen LogP contribution >= 0.6 is 0 Å². The Labute approximate surface area is 185 Å². The largest absolute Gasteiger partial charge is 0.465 e. The van der Waals surface area contributed by atoms with Gasteiger partial charge in [0.05, 0.1) is 25.3 Å². The highest BCUT2D eigenvalue weighted by molar-refractivity contribution is 5.97. The van der Waals surface area contributed by atoms with E-state index in [9.17, 15) is 9.59 Å². The van der Waals surface area contributed by atoms with Gasteiger partial charge in [0.15, 0.2) is 11.6 Å². The molecular formula is C23H23N5O4. The number of anilines is 5. The molecule has 4 rings (SSSR count). The summed E-state index contributed by atoms with van der Waals surface area (Å²) in [4.78, 5) is 34.9. The smallest absolute Gasteiger partial charge is 0.337 e. The molecule has 32 heavy (non-hydrogen) atoms. The minimum Gasteiger partial charge on any atom is -0.465 e. The van der Waals surface area contributed by atoms with Crippen molar-refractivity contribution in [2.24, 2.45) is 0 Å². The van der Waals surface area contributed by atoms with E-state index >= 15 is 0 Å². The first kappa shape index (κ1) is 21.1. The van der Waals surface area contributed by atoms with Gasteiger partial charge < -0.3 is 25.4 Å². The molecule has 1 aliphatic rings. The number of aromatic nitrogens is 2. The highest BCUT2D eigenvalue weighted by Crippen LogP contribution is 2.37. The van der Waals surface area contributed by atoms with E-state index in [1.807, 2.05) is 18.2 Å². The number of nitrogen functional groups attached to an aromatic ring is 1. The molecule has 0 aliphatic carbocycles. The fourth-order valence-corrected chi connectivity index (χ4v) is 3.76. The fourth-order valence-electron chi connectivity index (χ4n) is 3.76. The van der Waals surface area contributed by atoms with Crippen LogP contribution in [0.1, 0.15) is 32.7 Å². The van der Waals surface area contributed by atoms with Crippen molar-refractivity contribution in [2.75, 3.05) is 36.7 Å². The Balaban J connectivity index is 1.71. The standard InChI is InChI=1S/C23H23N5O4/c1-31-22(29)15-10-16(23(30)32-2)12-17(11-15)27-20-19(24)21(26-13-25-20)28-9-5-7-14-6-3-4-8-18(14)28/h3-4,6,8,10-13H,5,7,9,24H2,1-2H3,(H,25,26,27). The number of benzene rings is 2. The van der Waals surface area contributed by atoms with Crippen LogP contribution in [-0.4, -0.2) is 42.7 Å². The molecule has 3 aromatic rings. The normalized spacial score (nSPS) is 12.6. The van der Waals surface area contributed by atoms with Crippen LogP contribution in [0.5, 0.6) is 0 Å². The monoisotopic (exact) mass is 433 g/mol. The van der Waals surface area contributed by atoms with E-state index in [4.69, 9.17) is 15.2 Å². The van der Waals surface area contributed by atoms with Gasteiger partial charge in [-0.1, -0.05) is 18.2 Å². The van der Waals surface area contributed by atoms with Crippen molar-refractivity contribution in [3.63, 3.8) is 0 Å². The highest BCUT2D eigenvalue weighted by atomic mass is 16.5. The van der Waals surface area contributed by atoms with E-state index in [1.165, 1.54) is 32.2 Å². The molecule has 3 N–H and O–H groups in total. The number of nitrogens with two attached hydrogens (primary N) is 1. The lowest BCUT2D eigenvalue weighted by atomic mass is 10.0. The zero-order valence-electron chi connectivity index (χ0n) is 17.8. The molecule has 0 atom stereocenters. The molecule has 0 fully saturated rings. The summed E-state index contributed by atoms with van der Waals surface area (Å²) in [5.41, 5.74) is 9.93. The number of carbonyl (C=O) groups excluding carboxylic acids is 2. The first-order valence-electron chi connectivity index (χ1n) is 10.1. The molecule has 9 nitrogen and oxygen atoms in total. The summed E-state index contributed by atoms with van der Waals surface area (Å²) in [5, 5.41) is 3.10. The lowest BCUT2D eigenvalue weighted by molar-refractivity contribution is 0.0599. The second kappa shape index (κ2) is 8.93. The van der Waals surface area contributed by atoms with Crippen molar-refractivity contribution < 1.29 is 19.1 Å². The Hall–Kier alpha value is -4.14. The Morgan fingerprint density at radius 2 is 1.72 bits per heavy atom. The van der Waals surface area contributed by atoms with Gasteiger partial charge in [-0.2, -0.15) is 0 Å². The number of carbonyl (C=O) groups is 2. The molecule has 0 saturated carbocycles. The maximum absolute atomic E-state index is 12.1. The minimum atomic E-state index is -0.583. The summed E-state index contributed by atoms with van der Waals surface area (Å²) in [6.45, 7) is 0.780. The SMILES string of the molecule is COC(=O)c1cc(Nc2ncnc(N3CCCc4ccccc43)c2N)cc(C(=O)OC)c1. The Kier molecular flexibility index (Phi) is 5.89. The zero-order chi connectivity index (χ0) is 22.7. The van der Waals surface area contributed by atoms with Crippen molar-refractivity contribution in [1.29, 1.82) is 0 Å². The molecule has 0 amide bonds. The highest BCUT2D eigenvalue weighted by Gasteiger charge is 2.22. The predicted octanol–water partition coefficient (Wildman–Crippen LogP) is 3.46. The molecule has 0 saturated heterocycles. The van der Waals surface area contributed by atoms with E-state index in [-0.39, 0.29) is 11.1 Å². The van der Waals surface area contributed by atoms with Crippen molar-refractivity contribution in [1.82, 2.24) is 9.97 Å². The number of para-hydroxylation sites is 1. The molecule has 1 aromatic heterocycles. The quantitative estimate of drug-likeness (QED) is 0.583. The molecule has 0 bridgehead atoms. The lowest BCUT2D eigenvalue weighted by Crippen LogP contribution is -2.26. The zero-order valence-corrected chi connectivity index (χ0v) is 17.8. The number of esters is 2. The first-order chi connectivity index (χ1) is 15.5. The molecule has 1 aliphatic heterocycles. The number of aryl methyl sites for hydroxylation is 1. The number of ether oxygens (including phenoxy) is 2. The first-order valence-corrected chi connectivity index (χ1v) is 10.1. The van der Waals surface area contributed by atoms with Crippen LogP contribution in [0.15, 0.2) is 48.8 Å². The molecule has 9 heteroatoms. The summed E-state index contributed by atoms with van der Waals surface area (Å²) in [5.74, 6) is -0.219. The molecule has 0 spiro atoms. The third kappa shape index (κ3) is 4.04. The number of nitrogens with one attached hydrogen (secondary N) is 1. The van der Waals surface area contributed by atoms with Gasteiger partial charge >= 0.3 is 11.9 Å². The Bertz CT molecular complexity index is 1150. The summed E-state index contributed by atoms with van der Waals surface area (Å²) in [6.07, 6.45) is 3.41. The van der Waals surface area contributed by atoms with Crippen LogP contribution in [-0.2, 0) is 15.9 Å². The van der Waals surface area contributed by atoms with Crippen molar-refractivity contribution >= 4 is 40.6 Å². The Morgan fingerprint density at radius 3 is 2.41 bits per heavy atom.